The number of rotatable bonds is 6. The van der Waals surface area contributed by atoms with Gasteiger partial charge in [0.2, 0.25) is 10.0 Å². The summed E-state index contributed by atoms with van der Waals surface area (Å²) >= 11 is 0. The molecule has 1 saturated heterocycles. The molecule has 3 rings (SSSR count). The third kappa shape index (κ3) is 4.97. The number of nitrogens with one attached hydrogen (secondary N) is 1. The van der Waals surface area contributed by atoms with Gasteiger partial charge >= 0.3 is 0 Å². The minimum Gasteiger partial charge on any atom is -0.372 e. The molecule has 1 fully saturated rings. The predicted molar refractivity (Wildman–Crippen MR) is 117 cm³/mol. The maximum absolute atomic E-state index is 12.5. The second kappa shape index (κ2) is 8.97. The van der Waals surface area contributed by atoms with Gasteiger partial charge in [-0.3, -0.25) is 4.79 Å². The molecule has 0 radical (unpaired) electrons. The monoisotopic (exact) mass is 415 g/mol. The molecule has 1 N–H and O–H groups in total. The van der Waals surface area contributed by atoms with E-state index in [0.717, 1.165) is 13.1 Å². The van der Waals surface area contributed by atoms with Crippen LogP contribution >= 0.6 is 0 Å². The van der Waals surface area contributed by atoms with Crippen LogP contribution in [0.3, 0.4) is 0 Å². The minimum atomic E-state index is -3.56. The van der Waals surface area contributed by atoms with Crippen LogP contribution in [0.1, 0.15) is 43.5 Å². The second-order valence-corrected chi connectivity index (χ2v) is 9.69. The van der Waals surface area contributed by atoms with Crippen LogP contribution in [0.25, 0.3) is 0 Å². The molecule has 0 unspecified atom stereocenters. The lowest BCUT2D eigenvalue weighted by Gasteiger charge is -2.28. The number of sulfonamides is 1. The standard InChI is InChI=1S/C22H29N3O3S/c1-17(2)24(3)29(27,28)21-13-7-18(8-14-21)22(26)23-19-9-11-20(12-10-19)25-15-5-4-6-16-25/h7-14,17H,4-6,15-16H2,1-3H3,(H,23,26). The van der Waals surface area contributed by atoms with E-state index in [4.69, 9.17) is 0 Å². The maximum atomic E-state index is 12.5. The van der Waals surface area contributed by atoms with Gasteiger partial charge in [0.05, 0.1) is 4.90 Å². The molecule has 0 aliphatic carbocycles. The van der Waals surface area contributed by atoms with Crippen LogP contribution in [0, 0.1) is 0 Å². The van der Waals surface area contributed by atoms with E-state index in [0.29, 0.717) is 11.3 Å². The molecule has 0 aromatic heterocycles. The van der Waals surface area contributed by atoms with Crippen molar-refractivity contribution in [2.75, 3.05) is 30.4 Å². The molecule has 0 saturated carbocycles. The lowest BCUT2D eigenvalue weighted by Crippen LogP contribution is -2.33. The van der Waals surface area contributed by atoms with E-state index < -0.39 is 10.0 Å². The average Bonchev–Trinajstić information content (AvgIpc) is 2.74. The van der Waals surface area contributed by atoms with Crippen LogP contribution in [0.2, 0.25) is 0 Å². The first-order valence-corrected chi connectivity index (χ1v) is 11.5. The van der Waals surface area contributed by atoms with Gasteiger partial charge in [0.25, 0.3) is 5.91 Å². The molecular formula is C22H29N3O3S. The molecule has 1 amide bonds. The number of hydrogen-bond acceptors (Lipinski definition) is 4. The zero-order chi connectivity index (χ0) is 21.0. The molecule has 0 bridgehead atoms. The van der Waals surface area contributed by atoms with Crippen LogP contribution < -0.4 is 10.2 Å². The van der Waals surface area contributed by atoms with Gasteiger partial charge in [0.15, 0.2) is 0 Å². The zero-order valence-electron chi connectivity index (χ0n) is 17.3. The Morgan fingerprint density at radius 1 is 0.966 bits per heavy atom. The van der Waals surface area contributed by atoms with Crippen molar-refractivity contribution in [2.24, 2.45) is 0 Å². The van der Waals surface area contributed by atoms with E-state index in [1.54, 1.807) is 19.2 Å². The quantitative estimate of drug-likeness (QED) is 0.775. The Labute approximate surface area is 173 Å². The topological polar surface area (TPSA) is 69.7 Å². The Hall–Kier alpha value is -2.38. The highest BCUT2D eigenvalue weighted by Crippen LogP contribution is 2.22. The number of benzene rings is 2. The van der Waals surface area contributed by atoms with E-state index in [1.807, 2.05) is 38.1 Å². The second-order valence-electron chi connectivity index (χ2n) is 7.69. The van der Waals surface area contributed by atoms with Gasteiger partial charge in [-0.15, -0.1) is 0 Å². The van der Waals surface area contributed by atoms with Crippen molar-refractivity contribution < 1.29 is 13.2 Å². The van der Waals surface area contributed by atoms with Crippen LogP contribution in [-0.2, 0) is 10.0 Å². The molecule has 1 aliphatic heterocycles. The van der Waals surface area contributed by atoms with Gasteiger partial charge in [0.1, 0.15) is 0 Å². The van der Waals surface area contributed by atoms with Crippen LogP contribution in [0.5, 0.6) is 0 Å². The molecular weight excluding hydrogens is 386 g/mol. The normalized spacial score (nSPS) is 15.0. The maximum Gasteiger partial charge on any atom is 0.255 e. The fourth-order valence-corrected chi connectivity index (χ4v) is 4.70. The van der Waals surface area contributed by atoms with Gasteiger partial charge in [0, 0.05) is 43.1 Å². The molecule has 1 heterocycles. The van der Waals surface area contributed by atoms with Gasteiger partial charge in [-0.05, 0) is 81.6 Å². The first-order chi connectivity index (χ1) is 13.8. The number of nitrogens with zero attached hydrogens (tertiary/aromatic N) is 2. The molecule has 1 aliphatic rings. The highest BCUT2D eigenvalue weighted by molar-refractivity contribution is 7.89. The van der Waals surface area contributed by atoms with E-state index in [9.17, 15) is 13.2 Å². The molecule has 2 aromatic rings. The summed E-state index contributed by atoms with van der Waals surface area (Å²) in [5, 5.41) is 2.87. The average molecular weight is 416 g/mol. The lowest BCUT2D eigenvalue weighted by molar-refractivity contribution is 0.102. The van der Waals surface area contributed by atoms with E-state index >= 15 is 0 Å². The van der Waals surface area contributed by atoms with Gasteiger partial charge in [-0.25, -0.2) is 8.42 Å². The third-order valence-electron chi connectivity index (χ3n) is 5.37. The number of amides is 1. The van der Waals surface area contributed by atoms with E-state index in [1.165, 1.54) is 41.4 Å². The Balaban J connectivity index is 1.66. The summed E-state index contributed by atoms with van der Waals surface area (Å²) in [5.41, 5.74) is 2.30. The van der Waals surface area contributed by atoms with Crippen molar-refractivity contribution >= 4 is 27.3 Å². The Bertz CT molecular complexity index is 932. The molecule has 2 aromatic carbocycles. The SMILES string of the molecule is CC(C)N(C)S(=O)(=O)c1ccc(C(=O)Nc2ccc(N3CCCCC3)cc2)cc1. The molecule has 6 nitrogen and oxygen atoms in total. The molecule has 7 heteroatoms. The van der Waals surface area contributed by atoms with Crippen molar-refractivity contribution in [1.29, 1.82) is 0 Å². The highest BCUT2D eigenvalue weighted by atomic mass is 32.2. The summed E-state index contributed by atoms with van der Waals surface area (Å²) in [7, 11) is -2.01. The van der Waals surface area contributed by atoms with Crippen LogP contribution in [0.15, 0.2) is 53.4 Å². The van der Waals surface area contributed by atoms with Crippen molar-refractivity contribution in [1.82, 2.24) is 4.31 Å². The van der Waals surface area contributed by atoms with Crippen LogP contribution in [0.4, 0.5) is 11.4 Å². The van der Waals surface area contributed by atoms with Crippen molar-refractivity contribution in [3.63, 3.8) is 0 Å². The summed E-state index contributed by atoms with van der Waals surface area (Å²) in [6, 6.07) is 13.7. The number of piperidine rings is 1. The Morgan fingerprint density at radius 2 is 1.55 bits per heavy atom. The summed E-state index contributed by atoms with van der Waals surface area (Å²) < 4.78 is 26.4. The van der Waals surface area contributed by atoms with Gasteiger partial charge < -0.3 is 10.2 Å². The number of hydrogen-bond donors (Lipinski definition) is 1. The van der Waals surface area contributed by atoms with Gasteiger partial charge in [-0.2, -0.15) is 4.31 Å². The largest absolute Gasteiger partial charge is 0.372 e. The first kappa shape index (κ1) is 21.3. The van der Waals surface area contributed by atoms with Crippen LogP contribution in [-0.4, -0.2) is 44.8 Å². The number of carbonyl (C=O) groups is 1. The summed E-state index contributed by atoms with van der Waals surface area (Å²) in [4.78, 5) is 15.1. The summed E-state index contributed by atoms with van der Waals surface area (Å²) in [5.74, 6) is -0.267. The van der Waals surface area contributed by atoms with E-state index in [2.05, 4.69) is 10.2 Å². The molecule has 0 spiro atoms. The van der Waals surface area contributed by atoms with Gasteiger partial charge in [-0.1, -0.05) is 0 Å². The molecule has 29 heavy (non-hydrogen) atoms. The van der Waals surface area contributed by atoms with E-state index in [-0.39, 0.29) is 16.8 Å². The third-order valence-corrected chi connectivity index (χ3v) is 7.41. The number of carbonyl (C=O) groups excluding carboxylic acids is 1. The summed E-state index contributed by atoms with van der Waals surface area (Å²) in [6.45, 7) is 5.78. The first-order valence-electron chi connectivity index (χ1n) is 10.0. The predicted octanol–water partition coefficient (Wildman–Crippen LogP) is 3.96. The zero-order valence-corrected chi connectivity index (χ0v) is 18.1. The lowest BCUT2D eigenvalue weighted by atomic mass is 10.1. The highest BCUT2D eigenvalue weighted by Gasteiger charge is 2.23. The Morgan fingerprint density at radius 3 is 2.10 bits per heavy atom. The van der Waals surface area contributed by atoms with Crippen molar-refractivity contribution in [2.45, 2.75) is 44.0 Å². The van der Waals surface area contributed by atoms with Crippen molar-refractivity contribution in [3.8, 4) is 0 Å². The summed E-state index contributed by atoms with van der Waals surface area (Å²) in [6.07, 6.45) is 3.73. The molecule has 156 valence electrons. The number of anilines is 2. The Kier molecular flexibility index (Phi) is 6.59. The molecule has 0 atom stereocenters. The van der Waals surface area contributed by atoms with Crippen molar-refractivity contribution in [3.05, 3.63) is 54.1 Å². The fourth-order valence-electron chi connectivity index (χ4n) is 3.33. The minimum absolute atomic E-state index is 0.143. The fraction of sp³-hybridized carbons (Fsp3) is 0.409. The smallest absolute Gasteiger partial charge is 0.255 e.